The lowest BCUT2D eigenvalue weighted by Gasteiger charge is -2.08. The van der Waals surface area contributed by atoms with Crippen LogP contribution in [0.3, 0.4) is 0 Å². The van der Waals surface area contributed by atoms with E-state index in [0.717, 1.165) is 18.4 Å². The Bertz CT molecular complexity index is 483. The maximum Gasteiger partial charge on any atom is 0.292 e. The Balaban J connectivity index is 1.99. The van der Waals surface area contributed by atoms with Gasteiger partial charge in [0, 0.05) is 12.1 Å². The van der Waals surface area contributed by atoms with E-state index in [1.54, 1.807) is 19.1 Å². The zero-order valence-electron chi connectivity index (χ0n) is 10.1. The number of nitrogens with zero attached hydrogens (tertiary/aromatic N) is 1. The van der Waals surface area contributed by atoms with Crippen molar-refractivity contribution in [2.24, 2.45) is 0 Å². The molecule has 96 valence electrons. The molecule has 6 nitrogen and oxygen atoms in total. The first-order valence-electron chi connectivity index (χ1n) is 5.84. The number of hydrogen-bond acceptors (Lipinski definition) is 4. The molecule has 0 radical (unpaired) electrons. The van der Waals surface area contributed by atoms with Gasteiger partial charge in [0.05, 0.1) is 11.5 Å². The highest BCUT2D eigenvalue weighted by Gasteiger charge is 2.23. The molecule has 2 rings (SSSR count). The van der Waals surface area contributed by atoms with Crippen molar-refractivity contribution in [2.75, 3.05) is 11.9 Å². The summed E-state index contributed by atoms with van der Waals surface area (Å²) < 4.78 is 0. The van der Waals surface area contributed by atoms with Crippen molar-refractivity contribution in [3.8, 4) is 0 Å². The molecule has 0 saturated heterocycles. The fourth-order valence-corrected chi connectivity index (χ4v) is 1.62. The fraction of sp³-hybridized carbons (Fsp3) is 0.417. The molecule has 0 atom stereocenters. The van der Waals surface area contributed by atoms with Gasteiger partial charge in [-0.3, -0.25) is 14.9 Å². The van der Waals surface area contributed by atoms with Gasteiger partial charge in [-0.25, -0.2) is 0 Å². The van der Waals surface area contributed by atoms with E-state index in [0.29, 0.717) is 11.7 Å². The van der Waals surface area contributed by atoms with Crippen LogP contribution in [-0.4, -0.2) is 23.4 Å². The van der Waals surface area contributed by atoms with Crippen LogP contribution in [0.5, 0.6) is 0 Å². The first-order valence-corrected chi connectivity index (χ1v) is 5.84. The van der Waals surface area contributed by atoms with Gasteiger partial charge in [-0.15, -0.1) is 0 Å². The van der Waals surface area contributed by atoms with Crippen LogP contribution < -0.4 is 10.6 Å². The molecule has 0 heterocycles. The van der Waals surface area contributed by atoms with Gasteiger partial charge in [0.2, 0.25) is 5.91 Å². The molecule has 1 fully saturated rings. The lowest BCUT2D eigenvalue weighted by atomic mass is 10.2. The van der Waals surface area contributed by atoms with Gasteiger partial charge in [0.25, 0.3) is 5.69 Å². The van der Waals surface area contributed by atoms with E-state index >= 15 is 0 Å². The zero-order valence-corrected chi connectivity index (χ0v) is 10.1. The largest absolute Gasteiger partial charge is 0.371 e. The predicted molar refractivity (Wildman–Crippen MR) is 67.5 cm³/mol. The van der Waals surface area contributed by atoms with Gasteiger partial charge in [-0.2, -0.15) is 0 Å². The molecule has 0 spiro atoms. The molecule has 0 aromatic heterocycles. The number of nitrogens with one attached hydrogen (secondary N) is 2. The van der Waals surface area contributed by atoms with E-state index < -0.39 is 4.92 Å². The van der Waals surface area contributed by atoms with Gasteiger partial charge < -0.3 is 10.6 Å². The number of benzene rings is 1. The second kappa shape index (κ2) is 5.03. The van der Waals surface area contributed by atoms with Crippen molar-refractivity contribution < 1.29 is 9.72 Å². The second-order valence-corrected chi connectivity index (χ2v) is 4.47. The molecule has 1 aromatic carbocycles. The molecule has 0 unspecified atom stereocenters. The zero-order chi connectivity index (χ0) is 13.1. The minimum atomic E-state index is -0.450. The Kier molecular flexibility index (Phi) is 3.45. The highest BCUT2D eigenvalue weighted by Crippen LogP contribution is 2.25. The van der Waals surface area contributed by atoms with Crippen LogP contribution in [-0.2, 0) is 4.79 Å². The van der Waals surface area contributed by atoms with Crippen molar-refractivity contribution in [1.82, 2.24) is 5.32 Å². The molecule has 1 aromatic rings. The number of aryl methyl sites for hydroxylation is 1. The Morgan fingerprint density at radius 2 is 2.22 bits per heavy atom. The average Bonchev–Trinajstić information content (AvgIpc) is 3.11. The highest BCUT2D eigenvalue weighted by atomic mass is 16.6. The maximum absolute atomic E-state index is 11.5. The first-order chi connectivity index (χ1) is 8.56. The summed E-state index contributed by atoms with van der Waals surface area (Å²) in [7, 11) is 0. The van der Waals surface area contributed by atoms with Crippen LogP contribution in [0.1, 0.15) is 18.4 Å². The third kappa shape index (κ3) is 3.19. The lowest BCUT2D eigenvalue weighted by molar-refractivity contribution is -0.384. The number of anilines is 1. The van der Waals surface area contributed by atoms with Crippen molar-refractivity contribution in [2.45, 2.75) is 25.8 Å². The minimum Gasteiger partial charge on any atom is -0.371 e. The minimum absolute atomic E-state index is 0.00535. The standard InChI is InChI=1S/C12H15N3O3/c1-8-2-5-10(11(6-8)15(17)18)13-7-12(16)14-9-3-4-9/h2,5-6,9,13H,3-4,7H2,1H3,(H,14,16). The molecule has 1 aliphatic rings. The summed E-state index contributed by atoms with van der Waals surface area (Å²) in [5.41, 5.74) is 1.18. The summed E-state index contributed by atoms with van der Waals surface area (Å²) in [5, 5.41) is 16.5. The second-order valence-electron chi connectivity index (χ2n) is 4.47. The van der Waals surface area contributed by atoms with Gasteiger partial charge in [0.15, 0.2) is 0 Å². The third-order valence-electron chi connectivity index (χ3n) is 2.73. The summed E-state index contributed by atoms with van der Waals surface area (Å²) in [6.07, 6.45) is 2.05. The SMILES string of the molecule is Cc1ccc(NCC(=O)NC2CC2)c([N+](=O)[O-])c1. The predicted octanol–water partition coefficient (Wildman–Crippen LogP) is 1.59. The summed E-state index contributed by atoms with van der Waals surface area (Å²) in [6, 6.07) is 5.18. The van der Waals surface area contributed by atoms with Gasteiger partial charge in [-0.05, 0) is 31.4 Å². The summed E-state index contributed by atoms with van der Waals surface area (Å²) in [4.78, 5) is 21.9. The van der Waals surface area contributed by atoms with Crippen LogP contribution >= 0.6 is 0 Å². The Morgan fingerprint density at radius 1 is 1.50 bits per heavy atom. The Morgan fingerprint density at radius 3 is 2.83 bits per heavy atom. The molecule has 2 N–H and O–H groups in total. The van der Waals surface area contributed by atoms with E-state index in [-0.39, 0.29) is 18.1 Å². The normalized spacial score (nSPS) is 14.1. The molecule has 6 heteroatoms. The molecule has 1 saturated carbocycles. The van der Waals surface area contributed by atoms with Crippen molar-refractivity contribution in [1.29, 1.82) is 0 Å². The van der Waals surface area contributed by atoms with Crippen LogP contribution in [0.4, 0.5) is 11.4 Å². The number of nitro benzene ring substituents is 1. The lowest BCUT2D eigenvalue weighted by Crippen LogP contribution is -2.31. The summed E-state index contributed by atoms with van der Waals surface area (Å²) in [6.45, 7) is 1.84. The van der Waals surface area contributed by atoms with E-state index in [1.165, 1.54) is 6.07 Å². The average molecular weight is 249 g/mol. The molecular formula is C12H15N3O3. The van der Waals surface area contributed by atoms with Gasteiger partial charge >= 0.3 is 0 Å². The molecule has 1 aliphatic carbocycles. The third-order valence-corrected chi connectivity index (χ3v) is 2.73. The summed E-state index contributed by atoms with van der Waals surface area (Å²) >= 11 is 0. The molecule has 1 amide bonds. The quantitative estimate of drug-likeness (QED) is 0.613. The summed E-state index contributed by atoms with van der Waals surface area (Å²) in [5.74, 6) is -0.132. The first kappa shape index (κ1) is 12.3. The Labute approximate surface area is 105 Å². The van der Waals surface area contributed by atoms with Crippen molar-refractivity contribution in [3.63, 3.8) is 0 Å². The van der Waals surface area contributed by atoms with Gasteiger partial charge in [0.1, 0.15) is 5.69 Å². The number of amides is 1. The van der Waals surface area contributed by atoms with Crippen LogP contribution in [0, 0.1) is 17.0 Å². The number of rotatable bonds is 5. The number of carbonyl (C=O) groups is 1. The molecular weight excluding hydrogens is 234 g/mol. The molecule has 0 bridgehead atoms. The van der Waals surface area contributed by atoms with E-state index in [9.17, 15) is 14.9 Å². The highest BCUT2D eigenvalue weighted by molar-refractivity contribution is 5.82. The number of hydrogen-bond donors (Lipinski definition) is 2. The smallest absolute Gasteiger partial charge is 0.292 e. The van der Waals surface area contributed by atoms with E-state index in [1.807, 2.05) is 0 Å². The number of carbonyl (C=O) groups excluding carboxylic acids is 1. The fourth-order valence-electron chi connectivity index (χ4n) is 1.62. The van der Waals surface area contributed by atoms with E-state index in [2.05, 4.69) is 10.6 Å². The molecule has 0 aliphatic heterocycles. The van der Waals surface area contributed by atoms with Crippen LogP contribution in [0.15, 0.2) is 18.2 Å². The Hall–Kier alpha value is -2.11. The number of nitro groups is 1. The van der Waals surface area contributed by atoms with Crippen LogP contribution in [0.2, 0.25) is 0 Å². The topological polar surface area (TPSA) is 84.3 Å². The monoisotopic (exact) mass is 249 g/mol. The maximum atomic E-state index is 11.5. The van der Waals surface area contributed by atoms with Gasteiger partial charge in [-0.1, -0.05) is 6.07 Å². The van der Waals surface area contributed by atoms with Crippen molar-refractivity contribution in [3.05, 3.63) is 33.9 Å². The van der Waals surface area contributed by atoms with E-state index in [4.69, 9.17) is 0 Å². The van der Waals surface area contributed by atoms with Crippen molar-refractivity contribution >= 4 is 17.3 Å². The van der Waals surface area contributed by atoms with Crippen LogP contribution in [0.25, 0.3) is 0 Å². The molecule has 18 heavy (non-hydrogen) atoms.